The van der Waals surface area contributed by atoms with E-state index in [9.17, 15) is 13.2 Å². The lowest BCUT2D eigenvalue weighted by Crippen LogP contribution is -2.14. The molecule has 0 spiro atoms. The Morgan fingerprint density at radius 2 is 2.15 bits per heavy atom. The molecule has 0 amide bonds. The standard InChI is InChI=1S/C8H8BrF3S/c9-4-7(3-8(10,11)12)6-1-2-13-5-6/h1-2,5,7H,3-4H2/t7-/m1/s1. The first-order valence-corrected chi connectivity index (χ1v) is 5.74. The molecule has 0 aliphatic rings. The normalized spacial score (nSPS) is 14.5. The van der Waals surface area contributed by atoms with Gasteiger partial charge in [-0.1, -0.05) is 15.9 Å². The second kappa shape index (κ2) is 4.46. The molecule has 1 heterocycles. The third kappa shape index (κ3) is 3.68. The van der Waals surface area contributed by atoms with Crippen LogP contribution in [0, 0.1) is 0 Å². The van der Waals surface area contributed by atoms with E-state index in [1.165, 1.54) is 11.3 Å². The van der Waals surface area contributed by atoms with Gasteiger partial charge in [0.1, 0.15) is 0 Å². The summed E-state index contributed by atoms with van der Waals surface area (Å²) in [5.74, 6) is -0.453. The predicted octanol–water partition coefficient (Wildman–Crippen LogP) is 4.18. The number of hydrogen-bond donors (Lipinski definition) is 0. The Hall–Kier alpha value is -0.0300. The molecule has 0 bridgehead atoms. The summed E-state index contributed by atoms with van der Waals surface area (Å²) in [6.07, 6.45) is -4.84. The van der Waals surface area contributed by atoms with Crippen LogP contribution in [0.5, 0.6) is 0 Å². The first-order valence-electron chi connectivity index (χ1n) is 3.68. The monoisotopic (exact) mass is 272 g/mol. The maximum Gasteiger partial charge on any atom is 0.389 e. The number of alkyl halides is 4. The smallest absolute Gasteiger partial charge is 0.171 e. The van der Waals surface area contributed by atoms with Gasteiger partial charge in [0.15, 0.2) is 0 Å². The molecule has 0 aliphatic carbocycles. The molecule has 0 aliphatic heterocycles. The Kier molecular flexibility index (Phi) is 3.79. The number of halogens is 4. The van der Waals surface area contributed by atoms with Crippen LogP contribution in [0.4, 0.5) is 13.2 Å². The van der Waals surface area contributed by atoms with E-state index < -0.39 is 18.5 Å². The van der Waals surface area contributed by atoms with Crippen LogP contribution in [0.15, 0.2) is 16.8 Å². The lowest BCUT2D eigenvalue weighted by atomic mass is 10.0. The molecule has 5 heteroatoms. The lowest BCUT2D eigenvalue weighted by molar-refractivity contribution is -0.137. The average molecular weight is 273 g/mol. The summed E-state index contributed by atoms with van der Waals surface area (Å²) >= 11 is 4.52. The van der Waals surface area contributed by atoms with Crippen LogP contribution in [0.1, 0.15) is 17.9 Å². The zero-order valence-electron chi connectivity index (χ0n) is 6.64. The Morgan fingerprint density at radius 1 is 1.46 bits per heavy atom. The molecule has 1 atom stereocenters. The second-order valence-electron chi connectivity index (χ2n) is 2.73. The van der Waals surface area contributed by atoms with Crippen molar-refractivity contribution in [2.24, 2.45) is 0 Å². The molecule has 0 N–H and O–H groups in total. The van der Waals surface area contributed by atoms with Crippen LogP contribution in [0.3, 0.4) is 0 Å². The third-order valence-corrected chi connectivity index (χ3v) is 3.16. The molecule has 13 heavy (non-hydrogen) atoms. The Bertz CT molecular complexity index is 242. The highest BCUT2D eigenvalue weighted by molar-refractivity contribution is 9.09. The van der Waals surface area contributed by atoms with E-state index in [2.05, 4.69) is 15.9 Å². The molecule has 0 radical (unpaired) electrons. The van der Waals surface area contributed by atoms with Gasteiger partial charge in [-0.25, -0.2) is 0 Å². The Labute approximate surface area is 86.9 Å². The molecule has 0 aromatic carbocycles. The van der Waals surface area contributed by atoms with E-state index in [4.69, 9.17) is 0 Å². The van der Waals surface area contributed by atoms with Gasteiger partial charge >= 0.3 is 6.18 Å². The molecule has 0 saturated carbocycles. The SMILES string of the molecule is FC(F)(F)C[C@H](CBr)c1ccsc1. The van der Waals surface area contributed by atoms with Crippen molar-refractivity contribution in [1.82, 2.24) is 0 Å². The van der Waals surface area contributed by atoms with Crippen molar-refractivity contribution in [3.63, 3.8) is 0 Å². The molecule has 1 rings (SSSR count). The molecule has 1 aromatic rings. The maximum atomic E-state index is 12.1. The number of hydrogen-bond acceptors (Lipinski definition) is 1. The summed E-state index contributed by atoms with van der Waals surface area (Å²) in [5, 5.41) is 3.91. The van der Waals surface area contributed by atoms with E-state index in [0.717, 1.165) is 5.56 Å². The van der Waals surface area contributed by atoms with Gasteiger partial charge in [0, 0.05) is 11.2 Å². The van der Waals surface area contributed by atoms with Crippen molar-refractivity contribution >= 4 is 27.3 Å². The van der Waals surface area contributed by atoms with E-state index in [1.54, 1.807) is 16.8 Å². The van der Waals surface area contributed by atoms with E-state index >= 15 is 0 Å². The van der Waals surface area contributed by atoms with Crippen LogP contribution in [-0.2, 0) is 0 Å². The lowest BCUT2D eigenvalue weighted by Gasteiger charge is -2.14. The molecule has 0 nitrogen and oxygen atoms in total. The summed E-state index contributed by atoms with van der Waals surface area (Å²) < 4.78 is 36.2. The molecule has 1 aromatic heterocycles. The Morgan fingerprint density at radius 3 is 2.54 bits per heavy atom. The van der Waals surface area contributed by atoms with Gasteiger partial charge in [0.25, 0.3) is 0 Å². The van der Waals surface area contributed by atoms with Gasteiger partial charge in [-0.2, -0.15) is 24.5 Å². The van der Waals surface area contributed by atoms with Gasteiger partial charge in [-0.15, -0.1) is 0 Å². The average Bonchev–Trinajstić information content (AvgIpc) is 2.50. The fourth-order valence-electron chi connectivity index (χ4n) is 1.05. The number of thiophene rings is 1. The van der Waals surface area contributed by atoms with E-state index in [0.29, 0.717) is 5.33 Å². The van der Waals surface area contributed by atoms with Crippen molar-refractivity contribution in [1.29, 1.82) is 0 Å². The minimum atomic E-state index is -4.08. The van der Waals surface area contributed by atoms with Gasteiger partial charge in [0.05, 0.1) is 6.42 Å². The summed E-state index contributed by atoms with van der Waals surface area (Å²) in [6.45, 7) is 0. The largest absolute Gasteiger partial charge is 0.389 e. The van der Waals surface area contributed by atoms with Crippen molar-refractivity contribution in [3.8, 4) is 0 Å². The third-order valence-electron chi connectivity index (χ3n) is 1.68. The minimum Gasteiger partial charge on any atom is -0.171 e. The molecule has 74 valence electrons. The number of rotatable bonds is 3. The van der Waals surface area contributed by atoms with Gasteiger partial charge in [-0.3, -0.25) is 0 Å². The summed E-state index contributed by atoms with van der Waals surface area (Å²) in [4.78, 5) is 0. The van der Waals surface area contributed by atoms with E-state index in [1.807, 2.05) is 0 Å². The fraction of sp³-hybridized carbons (Fsp3) is 0.500. The van der Waals surface area contributed by atoms with Gasteiger partial charge < -0.3 is 0 Å². The highest BCUT2D eigenvalue weighted by atomic mass is 79.9. The highest BCUT2D eigenvalue weighted by Gasteiger charge is 2.32. The minimum absolute atomic E-state index is 0.350. The van der Waals surface area contributed by atoms with Crippen LogP contribution in [-0.4, -0.2) is 11.5 Å². The van der Waals surface area contributed by atoms with Crippen LogP contribution < -0.4 is 0 Å². The molecule has 0 saturated heterocycles. The first kappa shape index (κ1) is 11.0. The highest BCUT2D eigenvalue weighted by Crippen LogP contribution is 2.33. The van der Waals surface area contributed by atoms with E-state index in [-0.39, 0.29) is 0 Å². The van der Waals surface area contributed by atoms with Crippen molar-refractivity contribution in [2.75, 3.05) is 5.33 Å². The summed E-state index contributed by atoms with van der Waals surface area (Å²) in [7, 11) is 0. The van der Waals surface area contributed by atoms with Crippen LogP contribution in [0.25, 0.3) is 0 Å². The first-order chi connectivity index (χ1) is 6.03. The second-order valence-corrected chi connectivity index (χ2v) is 4.15. The van der Waals surface area contributed by atoms with Crippen molar-refractivity contribution in [3.05, 3.63) is 22.4 Å². The predicted molar refractivity (Wildman–Crippen MR) is 51.5 cm³/mol. The van der Waals surface area contributed by atoms with Crippen molar-refractivity contribution in [2.45, 2.75) is 18.5 Å². The zero-order valence-corrected chi connectivity index (χ0v) is 9.05. The molecule has 0 fully saturated rings. The molecular weight excluding hydrogens is 265 g/mol. The quantitative estimate of drug-likeness (QED) is 0.725. The topological polar surface area (TPSA) is 0 Å². The molecule has 0 unspecified atom stereocenters. The van der Waals surface area contributed by atoms with Gasteiger partial charge in [0.2, 0.25) is 0 Å². The molecular formula is C8H8BrF3S. The maximum absolute atomic E-state index is 12.1. The fourth-order valence-corrected chi connectivity index (χ4v) is 2.39. The van der Waals surface area contributed by atoms with Crippen LogP contribution >= 0.6 is 27.3 Å². The summed E-state index contributed by atoms with van der Waals surface area (Å²) in [6, 6.07) is 1.74. The Balaban J connectivity index is 2.64. The zero-order chi connectivity index (χ0) is 9.90. The van der Waals surface area contributed by atoms with Crippen molar-refractivity contribution < 1.29 is 13.2 Å². The van der Waals surface area contributed by atoms with Crippen LogP contribution in [0.2, 0.25) is 0 Å². The van der Waals surface area contributed by atoms with Gasteiger partial charge in [-0.05, 0) is 22.4 Å². The summed E-state index contributed by atoms with van der Waals surface area (Å²) in [5.41, 5.74) is 0.763.